The molecular formula is C20H18BrClO4. The van der Waals surface area contributed by atoms with Gasteiger partial charge in [-0.15, -0.1) is 0 Å². The summed E-state index contributed by atoms with van der Waals surface area (Å²) in [4.78, 5) is 11.5. The van der Waals surface area contributed by atoms with Gasteiger partial charge in [-0.25, -0.2) is 0 Å². The lowest BCUT2D eigenvalue weighted by molar-refractivity contribution is -0.141. The molecule has 0 aromatic heterocycles. The maximum Gasteiger partial charge on any atom is 0.306 e. The SMILES string of the molecule is COC(=O)C[C@@H]1COc2cc(O[C@@H]3CCc4c(Br)cc(Cl)cc43)ccc21. The lowest BCUT2D eigenvalue weighted by Crippen LogP contribution is -2.09. The van der Waals surface area contributed by atoms with Gasteiger partial charge < -0.3 is 14.2 Å². The van der Waals surface area contributed by atoms with E-state index in [1.807, 2.05) is 30.3 Å². The van der Waals surface area contributed by atoms with E-state index < -0.39 is 0 Å². The number of methoxy groups -OCH3 is 1. The number of carbonyl (C=O) groups excluding carboxylic acids is 1. The molecule has 4 nitrogen and oxygen atoms in total. The zero-order chi connectivity index (χ0) is 18.3. The van der Waals surface area contributed by atoms with Crippen molar-refractivity contribution < 1.29 is 19.0 Å². The Morgan fingerprint density at radius 3 is 2.96 bits per heavy atom. The van der Waals surface area contributed by atoms with E-state index in [4.69, 9.17) is 25.8 Å². The molecule has 136 valence electrons. The summed E-state index contributed by atoms with van der Waals surface area (Å²) in [6, 6.07) is 9.73. The van der Waals surface area contributed by atoms with Crippen LogP contribution in [0.15, 0.2) is 34.8 Å². The highest BCUT2D eigenvalue weighted by Crippen LogP contribution is 2.43. The first-order chi connectivity index (χ1) is 12.5. The standard InChI is InChI=1S/C20H18BrClO4/c1-24-20(23)6-11-10-25-19-9-13(2-3-14(11)19)26-18-5-4-15-16(18)7-12(22)8-17(15)21/h2-3,7-9,11,18H,4-6,10H2,1H3/t11-,18-/m1/s1. The summed E-state index contributed by atoms with van der Waals surface area (Å²) in [5, 5.41) is 0.703. The number of rotatable bonds is 4. The fraction of sp³-hybridized carbons (Fsp3) is 0.350. The van der Waals surface area contributed by atoms with Crippen molar-refractivity contribution in [1.82, 2.24) is 0 Å². The van der Waals surface area contributed by atoms with Crippen LogP contribution in [-0.4, -0.2) is 19.7 Å². The van der Waals surface area contributed by atoms with Crippen LogP contribution in [0, 0.1) is 0 Å². The smallest absolute Gasteiger partial charge is 0.306 e. The number of ether oxygens (including phenoxy) is 3. The molecule has 1 aliphatic carbocycles. The maximum absolute atomic E-state index is 11.5. The third-order valence-electron chi connectivity index (χ3n) is 4.98. The van der Waals surface area contributed by atoms with E-state index in [1.165, 1.54) is 12.7 Å². The lowest BCUT2D eigenvalue weighted by Gasteiger charge is -2.16. The molecule has 6 heteroatoms. The first-order valence-corrected chi connectivity index (χ1v) is 9.70. The van der Waals surface area contributed by atoms with Gasteiger partial charge in [0.2, 0.25) is 0 Å². The molecule has 0 spiro atoms. The quantitative estimate of drug-likeness (QED) is 0.616. The lowest BCUT2D eigenvalue weighted by atomic mass is 9.98. The third kappa shape index (κ3) is 3.30. The first kappa shape index (κ1) is 17.7. The molecule has 0 saturated heterocycles. The second-order valence-electron chi connectivity index (χ2n) is 6.59. The van der Waals surface area contributed by atoms with Crippen LogP contribution in [0.4, 0.5) is 0 Å². The molecule has 0 amide bonds. The van der Waals surface area contributed by atoms with Gasteiger partial charge in [-0.3, -0.25) is 4.79 Å². The largest absolute Gasteiger partial charge is 0.492 e. The zero-order valence-corrected chi connectivity index (χ0v) is 16.6. The molecule has 0 fully saturated rings. The van der Waals surface area contributed by atoms with Gasteiger partial charge in [0.15, 0.2) is 0 Å². The molecular weight excluding hydrogens is 420 g/mol. The third-order valence-corrected chi connectivity index (χ3v) is 5.91. The second-order valence-corrected chi connectivity index (χ2v) is 7.88. The highest BCUT2D eigenvalue weighted by atomic mass is 79.9. The predicted molar refractivity (Wildman–Crippen MR) is 102 cm³/mol. The number of esters is 1. The van der Waals surface area contributed by atoms with Gasteiger partial charge in [0, 0.05) is 27.0 Å². The molecule has 26 heavy (non-hydrogen) atoms. The summed E-state index contributed by atoms with van der Waals surface area (Å²) < 4.78 is 17.8. The van der Waals surface area contributed by atoms with E-state index >= 15 is 0 Å². The van der Waals surface area contributed by atoms with Crippen LogP contribution < -0.4 is 9.47 Å². The predicted octanol–water partition coefficient (Wildman–Crippen LogP) is 5.21. The number of benzene rings is 2. The Kier molecular flexibility index (Phi) is 4.84. The minimum Gasteiger partial charge on any atom is -0.492 e. The van der Waals surface area contributed by atoms with Gasteiger partial charge in [-0.1, -0.05) is 33.6 Å². The Hall–Kier alpha value is -1.72. The zero-order valence-electron chi connectivity index (χ0n) is 14.3. The molecule has 2 aromatic rings. The minimum atomic E-state index is -0.225. The summed E-state index contributed by atoms with van der Waals surface area (Å²) in [5.41, 5.74) is 3.42. The molecule has 2 aliphatic rings. The summed E-state index contributed by atoms with van der Waals surface area (Å²) in [6.07, 6.45) is 2.18. The van der Waals surface area contributed by atoms with E-state index in [1.54, 1.807) is 0 Å². The van der Waals surface area contributed by atoms with Crippen molar-refractivity contribution in [2.75, 3.05) is 13.7 Å². The molecule has 0 N–H and O–H groups in total. The molecule has 1 heterocycles. The Balaban J connectivity index is 1.53. The topological polar surface area (TPSA) is 44.8 Å². The average molecular weight is 438 g/mol. The van der Waals surface area contributed by atoms with E-state index in [-0.39, 0.29) is 18.0 Å². The number of halogens is 2. The van der Waals surface area contributed by atoms with Crippen LogP contribution in [0.2, 0.25) is 5.02 Å². The van der Waals surface area contributed by atoms with Crippen molar-refractivity contribution >= 4 is 33.5 Å². The highest BCUT2D eigenvalue weighted by molar-refractivity contribution is 9.10. The van der Waals surface area contributed by atoms with E-state index in [2.05, 4.69) is 15.9 Å². The van der Waals surface area contributed by atoms with Gasteiger partial charge >= 0.3 is 5.97 Å². The van der Waals surface area contributed by atoms with Crippen molar-refractivity contribution in [2.45, 2.75) is 31.3 Å². The molecule has 0 radical (unpaired) electrons. The van der Waals surface area contributed by atoms with Gasteiger partial charge in [0.25, 0.3) is 0 Å². The minimum absolute atomic E-state index is 0.0229. The first-order valence-electron chi connectivity index (χ1n) is 8.53. The average Bonchev–Trinajstić information content (AvgIpc) is 3.19. The normalized spacial score (nSPS) is 20.3. The van der Waals surface area contributed by atoms with Crippen LogP contribution in [-0.2, 0) is 16.0 Å². The molecule has 2 atom stereocenters. The Morgan fingerprint density at radius 2 is 2.15 bits per heavy atom. The molecule has 0 unspecified atom stereocenters. The molecule has 2 aromatic carbocycles. The van der Waals surface area contributed by atoms with Crippen LogP contribution in [0.5, 0.6) is 11.5 Å². The van der Waals surface area contributed by atoms with Crippen LogP contribution in [0.3, 0.4) is 0 Å². The Labute approximate surface area is 165 Å². The van der Waals surface area contributed by atoms with E-state index in [9.17, 15) is 4.79 Å². The number of hydrogen-bond donors (Lipinski definition) is 0. The molecule has 4 rings (SSSR count). The summed E-state index contributed by atoms with van der Waals surface area (Å²) >= 11 is 9.79. The second kappa shape index (κ2) is 7.12. The summed E-state index contributed by atoms with van der Waals surface area (Å²) in [6.45, 7) is 0.489. The highest BCUT2D eigenvalue weighted by Gasteiger charge is 2.29. The van der Waals surface area contributed by atoms with Crippen molar-refractivity contribution in [2.24, 2.45) is 0 Å². The number of fused-ring (bicyclic) bond motifs is 2. The van der Waals surface area contributed by atoms with Crippen molar-refractivity contribution in [3.63, 3.8) is 0 Å². The van der Waals surface area contributed by atoms with Crippen molar-refractivity contribution in [3.05, 3.63) is 56.5 Å². The van der Waals surface area contributed by atoms with E-state index in [0.717, 1.165) is 39.9 Å². The fourth-order valence-electron chi connectivity index (χ4n) is 3.68. The maximum atomic E-state index is 11.5. The summed E-state index contributed by atoms with van der Waals surface area (Å²) in [7, 11) is 1.40. The van der Waals surface area contributed by atoms with Gasteiger partial charge in [0.05, 0.1) is 20.1 Å². The van der Waals surface area contributed by atoms with Crippen molar-refractivity contribution in [1.29, 1.82) is 0 Å². The van der Waals surface area contributed by atoms with Crippen molar-refractivity contribution in [3.8, 4) is 11.5 Å². The van der Waals surface area contributed by atoms with Gasteiger partial charge in [0.1, 0.15) is 17.6 Å². The summed E-state index contributed by atoms with van der Waals surface area (Å²) in [5.74, 6) is 1.35. The molecule has 0 saturated carbocycles. The molecule has 0 bridgehead atoms. The van der Waals surface area contributed by atoms with Crippen LogP contribution in [0.1, 0.15) is 41.6 Å². The number of hydrogen-bond acceptors (Lipinski definition) is 4. The van der Waals surface area contributed by atoms with Crippen LogP contribution >= 0.6 is 27.5 Å². The van der Waals surface area contributed by atoms with Gasteiger partial charge in [-0.2, -0.15) is 0 Å². The monoisotopic (exact) mass is 436 g/mol. The fourth-order valence-corrected chi connectivity index (χ4v) is 4.71. The van der Waals surface area contributed by atoms with Gasteiger partial charge in [-0.05, 0) is 42.2 Å². The van der Waals surface area contributed by atoms with Crippen LogP contribution in [0.25, 0.3) is 0 Å². The molecule has 1 aliphatic heterocycles. The Bertz CT molecular complexity index is 867. The number of carbonyl (C=O) groups is 1. The Morgan fingerprint density at radius 1 is 1.31 bits per heavy atom. The van der Waals surface area contributed by atoms with E-state index in [0.29, 0.717) is 18.1 Å².